The van der Waals surface area contributed by atoms with Crippen LogP contribution < -0.4 is 5.32 Å². The second-order valence-corrected chi connectivity index (χ2v) is 4.78. The fraction of sp³-hybridized carbons (Fsp3) is 0.615. The number of nitrogens with zero attached hydrogens (tertiary/aromatic N) is 2. The number of nitrogens with one attached hydrogen (secondary N) is 1. The fourth-order valence-corrected chi connectivity index (χ4v) is 1.33. The second-order valence-electron chi connectivity index (χ2n) is 4.78. The number of carbonyl (C=O) groups is 1. The maximum absolute atomic E-state index is 11.6. The molecule has 0 aromatic carbocycles. The van der Waals surface area contributed by atoms with E-state index in [0.29, 0.717) is 23.8 Å². The Labute approximate surface area is 108 Å². The summed E-state index contributed by atoms with van der Waals surface area (Å²) in [5.74, 6) is 0.156. The smallest absolute Gasteiger partial charge is 0.341 e. The predicted molar refractivity (Wildman–Crippen MR) is 70.7 cm³/mol. The second kappa shape index (κ2) is 5.80. The van der Waals surface area contributed by atoms with E-state index in [4.69, 9.17) is 4.74 Å². The number of anilines is 1. The van der Waals surface area contributed by atoms with Gasteiger partial charge in [-0.2, -0.15) is 0 Å². The van der Waals surface area contributed by atoms with Crippen LogP contribution in [0.1, 0.15) is 50.2 Å². The van der Waals surface area contributed by atoms with Crippen molar-refractivity contribution in [2.45, 2.75) is 46.6 Å². The van der Waals surface area contributed by atoms with E-state index in [1.807, 2.05) is 0 Å². The zero-order valence-corrected chi connectivity index (χ0v) is 11.7. The molecule has 1 rings (SSSR count). The number of esters is 1. The molecule has 5 heteroatoms. The summed E-state index contributed by atoms with van der Waals surface area (Å²) in [6, 6.07) is 0. The summed E-state index contributed by atoms with van der Waals surface area (Å²) in [6.07, 6.45) is 2.46. The summed E-state index contributed by atoms with van der Waals surface area (Å²) in [4.78, 5) is 20.0. The van der Waals surface area contributed by atoms with E-state index in [1.54, 1.807) is 13.8 Å². The van der Waals surface area contributed by atoms with Crippen molar-refractivity contribution in [1.82, 2.24) is 9.97 Å². The Morgan fingerprint density at radius 2 is 2.11 bits per heavy atom. The average molecular weight is 251 g/mol. The standard InChI is InChI=1S/C13H21N3O2/c1-6-13(4,5)16-12-14-8-10(9(3)15-12)11(17)18-7-2/h8H,6-7H2,1-5H3,(H,14,15,16). The molecule has 18 heavy (non-hydrogen) atoms. The van der Waals surface area contributed by atoms with Crippen molar-refractivity contribution in [2.24, 2.45) is 0 Å². The van der Waals surface area contributed by atoms with Crippen LogP contribution >= 0.6 is 0 Å². The van der Waals surface area contributed by atoms with Gasteiger partial charge in [-0.25, -0.2) is 14.8 Å². The minimum absolute atomic E-state index is 0.0715. The first-order valence-corrected chi connectivity index (χ1v) is 6.18. The molecule has 0 saturated heterocycles. The van der Waals surface area contributed by atoms with Crippen LogP contribution in [0.4, 0.5) is 5.95 Å². The van der Waals surface area contributed by atoms with Crippen molar-refractivity contribution in [3.63, 3.8) is 0 Å². The highest BCUT2D eigenvalue weighted by atomic mass is 16.5. The zero-order chi connectivity index (χ0) is 13.8. The molecular formula is C13H21N3O2. The molecule has 0 aliphatic carbocycles. The summed E-state index contributed by atoms with van der Waals surface area (Å²) < 4.78 is 4.93. The van der Waals surface area contributed by atoms with E-state index in [9.17, 15) is 4.79 Å². The number of hydrogen-bond acceptors (Lipinski definition) is 5. The first-order chi connectivity index (χ1) is 8.39. The van der Waals surface area contributed by atoms with Crippen molar-refractivity contribution in [3.8, 4) is 0 Å². The Balaban J connectivity index is 2.89. The summed E-state index contributed by atoms with van der Waals surface area (Å²) in [7, 11) is 0. The number of rotatable bonds is 5. The van der Waals surface area contributed by atoms with Crippen LogP contribution in [0.2, 0.25) is 0 Å². The minimum atomic E-state index is -0.378. The Bertz CT molecular complexity index is 430. The maximum Gasteiger partial charge on any atom is 0.341 e. The number of aryl methyl sites for hydroxylation is 1. The monoisotopic (exact) mass is 251 g/mol. The lowest BCUT2D eigenvalue weighted by atomic mass is 10.0. The Morgan fingerprint density at radius 3 is 2.61 bits per heavy atom. The molecule has 100 valence electrons. The lowest BCUT2D eigenvalue weighted by Crippen LogP contribution is -2.31. The molecule has 0 amide bonds. The van der Waals surface area contributed by atoms with Gasteiger partial charge in [0.25, 0.3) is 0 Å². The highest BCUT2D eigenvalue weighted by Crippen LogP contribution is 2.15. The van der Waals surface area contributed by atoms with Gasteiger partial charge in [-0.1, -0.05) is 6.92 Å². The van der Waals surface area contributed by atoms with Crippen molar-refractivity contribution in [2.75, 3.05) is 11.9 Å². The van der Waals surface area contributed by atoms with Gasteiger partial charge in [0.15, 0.2) is 0 Å². The molecule has 1 aromatic rings. The summed E-state index contributed by atoms with van der Waals surface area (Å²) in [5, 5.41) is 3.23. The summed E-state index contributed by atoms with van der Waals surface area (Å²) in [5.41, 5.74) is 0.965. The van der Waals surface area contributed by atoms with Crippen LogP contribution in [0.5, 0.6) is 0 Å². The molecule has 0 spiro atoms. The van der Waals surface area contributed by atoms with Gasteiger partial charge in [-0.15, -0.1) is 0 Å². The third-order valence-corrected chi connectivity index (χ3v) is 2.81. The first kappa shape index (κ1) is 14.4. The van der Waals surface area contributed by atoms with E-state index >= 15 is 0 Å². The number of carbonyl (C=O) groups excluding carboxylic acids is 1. The molecule has 1 heterocycles. The third-order valence-electron chi connectivity index (χ3n) is 2.81. The quantitative estimate of drug-likeness (QED) is 0.815. The molecule has 1 N–H and O–H groups in total. The molecule has 0 saturated carbocycles. The fourth-order valence-electron chi connectivity index (χ4n) is 1.33. The van der Waals surface area contributed by atoms with Gasteiger partial charge < -0.3 is 10.1 Å². The van der Waals surface area contributed by atoms with E-state index in [2.05, 4.69) is 36.1 Å². The van der Waals surface area contributed by atoms with Crippen molar-refractivity contribution < 1.29 is 9.53 Å². The van der Waals surface area contributed by atoms with Crippen LogP contribution in [0, 0.1) is 6.92 Å². The molecule has 0 unspecified atom stereocenters. The normalized spacial score (nSPS) is 11.2. The lowest BCUT2D eigenvalue weighted by Gasteiger charge is -2.24. The van der Waals surface area contributed by atoms with Gasteiger partial charge in [0.2, 0.25) is 5.95 Å². The SMILES string of the molecule is CCOC(=O)c1cnc(NC(C)(C)CC)nc1C. The van der Waals surface area contributed by atoms with Crippen LogP contribution in [0.15, 0.2) is 6.20 Å². The Morgan fingerprint density at radius 1 is 1.44 bits per heavy atom. The van der Waals surface area contributed by atoms with Gasteiger partial charge in [0.1, 0.15) is 0 Å². The van der Waals surface area contributed by atoms with Crippen molar-refractivity contribution in [1.29, 1.82) is 0 Å². The van der Waals surface area contributed by atoms with Crippen LogP contribution in [-0.2, 0) is 4.74 Å². The molecular weight excluding hydrogens is 230 g/mol. The number of aromatic nitrogens is 2. The third kappa shape index (κ3) is 3.68. The topological polar surface area (TPSA) is 64.1 Å². The molecule has 5 nitrogen and oxygen atoms in total. The zero-order valence-electron chi connectivity index (χ0n) is 11.7. The van der Waals surface area contributed by atoms with Crippen LogP contribution in [0.25, 0.3) is 0 Å². The molecule has 1 aromatic heterocycles. The van der Waals surface area contributed by atoms with E-state index in [0.717, 1.165) is 6.42 Å². The summed E-state index contributed by atoms with van der Waals surface area (Å²) in [6.45, 7) is 10.1. The van der Waals surface area contributed by atoms with Crippen LogP contribution in [0.3, 0.4) is 0 Å². The summed E-state index contributed by atoms with van der Waals surface area (Å²) >= 11 is 0. The van der Waals surface area contributed by atoms with E-state index < -0.39 is 0 Å². The Kier molecular flexibility index (Phi) is 4.64. The predicted octanol–water partition coefficient (Wildman–Crippen LogP) is 2.56. The van der Waals surface area contributed by atoms with Gasteiger partial charge in [-0.3, -0.25) is 0 Å². The average Bonchev–Trinajstić information content (AvgIpc) is 2.29. The van der Waals surface area contributed by atoms with Gasteiger partial charge in [0, 0.05) is 11.7 Å². The lowest BCUT2D eigenvalue weighted by molar-refractivity contribution is 0.0524. The molecule has 0 atom stereocenters. The maximum atomic E-state index is 11.6. The molecule has 0 aliphatic rings. The highest BCUT2D eigenvalue weighted by Gasteiger charge is 2.18. The van der Waals surface area contributed by atoms with Crippen molar-refractivity contribution in [3.05, 3.63) is 17.5 Å². The van der Waals surface area contributed by atoms with Crippen molar-refractivity contribution >= 4 is 11.9 Å². The van der Waals surface area contributed by atoms with Gasteiger partial charge in [-0.05, 0) is 34.1 Å². The molecule has 0 radical (unpaired) electrons. The molecule has 0 bridgehead atoms. The van der Waals surface area contributed by atoms with Gasteiger partial charge >= 0.3 is 5.97 Å². The van der Waals surface area contributed by atoms with E-state index in [1.165, 1.54) is 6.20 Å². The molecule has 0 fully saturated rings. The number of ether oxygens (including phenoxy) is 1. The van der Waals surface area contributed by atoms with E-state index in [-0.39, 0.29) is 11.5 Å². The van der Waals surface area contributed by atoms with Crippen LogP contribution in [-0.4, -0.2) is 28.1 Å². The Hall–Kier alpha value is -1.65. The highest BCUT2D eigenvalue weighted by molar-refractivity contribution is 5.90. The molecule has 0 aliphatic heterocycles. The first-order valence-electron chi connectivity index (χ1n) is 6.18. The largest absolute Gasteiger partial charge is 0.462 e. The number of hydrogen-bond donors (Lipinski definition) is 1. The van der Waals surface area contributed by atoms with Gasteiger partial charge in [0.05, 0.1) is 17.9 Å². The minimum Gasteiger partial charge on any atom is -0.462 e.